The van der Waals surface area contributed by atoms with Crippen molar-refractivity contribution in [3.63, 3.8) is 0 Å². The van der Waals surface area contributed by atoms with Gasteiger partial charge < -0.3 is 36.9 Å². The van der Waals surface area contributed by atoms with Gasteiger partial charge in [0.25, 0.3) is 0 Å². The Kier molecular flexibility index (Phi) is 12.1. The van der Waals surface area contributed by atoms with E-state index in [2.05, 4.69) is 31.6 Å². The Labute approximate surface area is 237 Å². The first-order valence-corrected chi connectivity index (χ1v) is 13.7. The number of carbonyl (C=O) groups excluding carboxylic acids is 3. The molecule has 1 aromatic carbocycles. The van der Waals surface area contributed by atoms with E-state index in [0.29, 0.717) is 13.0 Å². The molecule has 0 spiro atoms. The first-order chi connectivity index (χ1) is 19.6. The van der Waals surface area contributed by atoms with Crippen molar-refractivity contribution in [2.45, 2.75) is 75.8 Å². The number of amides is 3. The lowest BCUT2D eigenvalue weighted by molar-refractivity contribution is -0.142. The molecule has 4 atom stereocenters. The lowest BCUT2D eigenvalue weighted by atomic mass is 10.0. The number of carbonyl (C=O) groups is 5. The summed E-state index contributed by atoms with van der Waals surface area (Å²) in [4.78, 5) is 63.3. The minimum absolute atomic E-state index is 0.0343. The highest BCUT2D eigenvalue weighted by atomic mass is 16.4. The number of aliphatic carboxylic acids is 2. The largest absolute Gasteiger partial charge is 0.481 e. The molecule has 1 saturated heterocycles. The van der Waals surface area contributed by atoms with Crippen LogP contribution in [0.15, 0.2) is 30.5 Å². The first-order valence-electron chi connectivity index (χ1n) is 13.7. The van der Waals surface area contributed by atoms with Crippen LogP contribution in [0.3, 0.4) is 0 Å². The van der Waals surface area contributed by atoms with Crippen LogP contribution in [0, 0.1) is 0 Å². The third kappa shape index (κ3) is 10.8. The van der Waals surface area contributed by atoms with Crippen molar-refractivity contribution >= 4 is 40.6 Å². The van der Waals surface area contributed by atoms with Crippen LogP contribution in [0.25, 0.3) is 10.9 Å². The molecular weight excluding hydrogens is 534 g/mol. The van der Waals surface area contributed by atoms with Crippen molar-refractivity contribution < 1.29 is 34.2 Å². The Bertz CT molecular complexity index is 1220. The van der Waals surface area contributed by atoms with E-state index in [4.69, 9.17) is 10.8 Å². The van der Waals surface area contributed by atoms with E-state index in [1.807, 2.05) is 24.3 Å². The second kappa shape index (κ2) is 15.7. The molecule has 2 aromatic rings. The fourth-order valence-electron chi connectivity index (χ4n) is 4.39. The van der Waals surface area contributed by atoms with Gasteiger partial charge in [-0.25, -0.2) is 4.79 Å². The van der Waals surface area contributed by atoms with Crippen LogP contribution in [0.5, 0.6) is 0 Å². The Morgan fingerprint density at radius 1 is 0.902 bits per heavy atom. The van der Waals surface area contributed by atoms with Crippen LogP contribution in [-0.4, -0.2) is 82.4 Å². The SMILES string of the molecule is NC1NC1NCCCCC(=O)NC(Cc1c[nH]c2ccccc12)C(=O)NCCC(NC(=O)CCCC(=O)O)C(=O)O. The number of aromatic amines is 1. The molecule has 224 valence electrons. The summed E-state index contributed by atoms with van der Waals surface area (Å²) >= 11 is 0. The number of unbranched alkanes of at least 4 members (excludes halogenated alkanes) is 1. The number of para-hydroxylation sites is 1. The quantitative estimate of drug-likeness (QED) is 0.0771. The standard InChI is InChI=1S/C27H39N7O7/c28-24-25(34-24)29-12-4-3-8-21(35)33-20(14-16-15-31-18-7-2-1-6-17(16)18)26(39)30-13-11-19(27(40)41)32-22(36)9-5-10-23(37)38/h1-2,6-7,15,19-20,24-25,29,31,34H,3-5,8-14,28H2,(H,30,39)(H,32,36)(H,33,35)(H,37,38)(H,40,41). The number of hydrogen-bond donors (Lipinski definition) is 9. The zero-order valence-electron chi connectivity index (χ0n) is 22.8. The minimum Gasteiger partial charge on any atom is -0.481 e. The van der Waals surface area contributed by atoms with Gasteiger partial charge in [0, 0.05) is 49.3 Å². The zero-order chi connectivity index (χ0) is 29.8. The van der Waals surface area contributed by atoms with Gasteiger partial charge in [-0.15, -0.1) is 0 Å². The minimum atomic E-state index is -1.27. The molecule has 3 amide bonds. The van der Waals surface area contributed by atoms with Gasteiger partial charge in [0.2, 0.25) is 17.7 Å². The molecule has 1 aromatic heterocycles. The van der Waals surface area contributed by atoms with E-state index in [9.17, 15) is 29.1 Å². The average molecular weight is 574 g/mol. The molecule has 2 heterocycles. The van der Waals surface area contributed by atoms with Crippen molar-refractivity contribution in [2.75, 3.05) is 13.1 Å². The smallest absolute Gasteiger partial charge is 0.326 e. The third-order valence-corrected chi connectivity index (χ3v) is 6.73. The summed E-state index contributed by atoms with van der Waals surface area (Å²) in [5, 5.41) is 33.2. The van der Waals surface area contributed by atoms with E-state index in [1.165, 1.54) is 0 Å². The summed E-state index contributed by atoms with van der Waals surface area (Å²) in [5.74, 6) is -3.65. The van der Waals surface area contributed by atoms with Gasteiger partial charge in [-0.2, -0.15) is 0 Å². The molecule has 1 aliphatic rings. The average Bonchev–Trinajstić information content (AvgIpc) is 3.48. The number of nitrogens with one attached hydrogen (secondary N) is 6. The topological polar surface area (TPSA) is 238 Å². The van der Waals surface area contributed by atoms with Crippen molar-refractivity contribution in [3.05, 3.63) is 36.0 Å². The summed E-state index contributed by atoms with van der Waals surface area (Å²) in [6.45, 7) is 0.646. The number of fused-ring (bicyclic) bond motifs is 1. The molecule has 1 fully saturated rings. The van der Waals surface area contributed by atoms with Crippen LogP contribution in [0.2, 0.25) is 0 Å². The monoisotopic (exact) mass is 573 g/mol. The molecule has 1 aliphatic heterocycles. The summed E-state index contributed by atoms with van der Waals surface area (Å²) < 4.78 is 0. The molecule has 14 nitrogen and oxygen atoms in total. The predicted molar refractivity (Wildman–Crippen MR) is 149 cm³/mol. The Hall–Kier alpha value is -4.01. The third-order valence-electron chi connectivity index (χ3n) is 6.73. The lowest BCUT2D eigenvalue weighted by Crippen LogP contribution is -2.49. The predicted octanol–water partition coefficient (Wildman–Crippen LogP) is -0.500. The van der Waals surface area contributed by atoms with Crippen molar-refractivity contribution in [2.24, 2.45) is 5.73 Å². The van der Waals surface area contributed by atoms with E-state index >= 15 is 0 Å². The van der Waals surface area contributed by atoms with Crippen LogP contribution in [0.1, 0.15) is 50.5 Å². The Morgan fingerprint density at radius 2 is 1.59 bits per heavy atom. The number of rotatable bonds is 19. The highest BCUT2D eigenvalue weighted by Crippen LogP contribution is 2.19. The molecule has 0 aliphatic carbocycles. The fourth-order valence-corrected chi connectivity index (χ4v) is 4.39. The van der Waals surface area contributed by atoms with Gasteiger partial charge in [-0.1, -0.05) is 18.2 Å². The molecule has 14 heteroatoms. The van der Waals surface area contributed by atoms with Gasteiger partial charge in [-0.3, -0.25) is 29.8 Å². The van der Waals surface area contributed by atoms with Gasteiger partial charge in [0.15, 0.2) is 0 Å². The molecule has 10 N–H and O–H groups in total. The highest BCUT2D eigenvalue weighted by Gasteiger charge is 2.31. The molecule has 3 rings (SSSR count). The normalized spacial score (nSPS) is 17.4. The second-order valence-electron chi connectivity index (χ2n) is 10.1. The Balaban J connectivity index is 1.53. The van der Waals surface area contributed by atoms with Crippen LogP contribution in [0.4, 0.5) is 0 Å². The number of carboxylic acids is 2. The molecule has 0 saturated carbocycles. The van der Waals surface area contributed by atoms with Gasteiger partial charge >= 0.3 is 11.9 Å². The van der Waals surface area contributed by atoms with Gasteiger partial charge in [0.05, 0.1) is 12.3 Å². The van der Waals surface area contributed by atoms with E-state index < -0.39 is 35.8 Å². The molecule has 0 bridgehead atoms. The van der Waals surface area contributed by atoms with Crippen LogP contribution < -0.4 is 32.3 Å². The number of H-pyrrole nitrogens is 1. The lowest BCUT2D eigenvalue weighted by Gasteiger charge is -2.20. The number of carboxylic acid groups (broad SMARTS) is 2. The van der Waals surface area contributed by atoms with E-state index in [0.717, 1.165) is 22.9 Å². The molecule has 41 heavy (non-hydrogen) atoms. The molecular formula is C27H39N7O7. The van der Waals surface area contributed by atoms with Crippen molar-refractivity contribution in [1.29, 1.82) is 0 Å². The summed E-state index contributed by atoms with van der Waals surface area (Å²) in [5.41, 5.74) is 7.41. The van der Waals surface area contributed by atoms with Gasteiger partial charge in [0.1, 0.15) is 12.1 Å². The zero-order valence-corrected chi connectivity index (χ0v) is 22.8. The summed E-state index contributed by atoms with van der Waals surface area (Å²) in [6.07, 6.45) is 3.37. The van der Waals surface area contributed by atoms with Gasteiger partial charge in [-0.05, 0) is 43.9 Å². The number of aromatic nitrogens is 1. The number of hydrogen-bond acceptors (Lipinski definition) is 8. The number of nitrogens with two attached hydrogens (primary N) is 1. The Morgan fingerprint density at radius 3 is 2.27 bits per heavy atom. The second-order valence-corrected chi connectivity index (χ2v) is 10.1. The van der Waals surface area contributed by atoms with E-state index in [1.54, 1.807) is 6.20 Å². The highest BCUT2D eigenvalue weighted by molar-refractivity contribution is 5.90. The van der Waals surface area contributed by atoms with Crippen molar-refractivity contribution in [3.8, 4) is 0 Å². The molecule has 4 unspecified atom stereocenters. The first kappa shape index (κ1) is 31.5. The van der Waals surface area contributed by atoms with E-state index in [-0.39, 0.29) is 63.3 Å². The van der Waals surface area contributed by atoms with Crippen LogP contribution >= 0.6 is 0 Å². The maximum atomic E-state index is 13.2. The maximum Gasteiger partial charge on any atom is 0.326 e. The molecule has 0 radical (unpaired) electrons. The van der Waals surface area contributed by atoms with Crippen molar-refractivity contribution in [1.82, 2.24) is 31.6 Å². The maximum absolute atomic E-state index is 13.2. The summed E-state index contributed by atoms with van der Waals surface area (Å²) in [6, 6.07) is 5.44. The summed E-state index contributed by atoms with van der Waals surface area (Å²) in [7, 11) is 0. The fraction of sp³-hybridized carbons (Fsp3) is 0.519. The van der Waals surface area contributed by atoms with Crippen LogP contribution in [-0.2, 0) is 30.4 Å². The number of benzene rings is 1.